The highest BCUT2D eigenvalue weighted by Crippen LogP contribution is 2.29. The van der Waals surface area contributed by atoms with Crippen molar-refractivity contribution in [3.05, 3.63) is 62.5 Å². The van der Waals surface area contributed by atoms with Gasteiger partial charge in [-0.1, -0.05) is 23.5 Å². The number of hydrogen-bond donors (Lipinski definition) is 0. The second-order valence-electron chi connectivity index (χ2n) is 4.75. The highest BCUT2D eigenvalue weighted by Gasteiger charge is 2.30. The number of rotatable bonds is 4. The zero-order chi connectivity index (χ0) is 17.2. The first kappa shape index (κ1) is 16.9. The number of carbonyl (C=O) groups is 1. The summed E-state index contributed by atoms with van der Waals surface area (Å²) < 4.78 is 37.4. The van der Waals surface area contributed by atoms with E-state index in [1.54, 1.807) is 0 Å². The quantitative estimate of drug-likeness (QED) is 0.623. The number of carbonyl (C=O) groups excluding carboxylic acids is 1. The number of nitrogens with zero attached hydrogens (tertiary/aromatic N) is 2. The van der Waals surface area contributed by atoms with Crippen LogP contribution in [0.15, 0.2) is 36.4 Å². The van der Waals surface area contributed by atoms with Crippen LogP contribution in [0.3, 0.4) is 0 Å². The highest BCUT2D eigenvalue weighted by molar-refractivity contribution is 7.17. The summed E-state index contributed by atoms with van der Waals surface area (Å²) in [6.07, 6.45) is -4.41. The Balaban J connectivity index is 2.07. The Kier molecular flexibility index (Phi) is 4.69. The smallest absolute Gasteiger partial charge is 0.337 e. The van der Waals surface area contributed by atoms with Crippen LogP contribution in [0.25, 0.3) is 0 Å². The number of nitro groups is 1. The van der Waals surface area contributed by atoms with Crippen LogP contribution in [0.2, 0.25) is 0 Å². The lowest BCUT2D eigenvalue weighted by Crippen LogP contribution is -2.25. The lowest BCUT2D eigenvalue weighted by atomic mass is 10.1. The van der Waals surface area contributed by atoms with Crippen molar-refractivity contribution in [1.82, 2.24) is 4.90 Å². The largest absolute Gasteiger partial charge is 0.416 e. The van der Waals surface area contributed by atoms with Crippen molar-refractivity contribution in [2.75, 3.05) is 7.05 Å². The Morgan fingerprint density at radius 2 is 1.83 bits per heavy atom. The van der Waals surface area contributed by atoms with E-state index in [1.807, 2.05) is 0 Å². The second kappa shape index (κ2) is 6.37. The molecule has 0 aliphatic heterocycles. The molecule has 0 saturated carbocycles. The van der Waals surface area contributed by atoms with E-state index in [4.69, 9.17) is 0 Å². The Hall–Kier alpha value is -2.42. The average Bonchev–Trinajstić information content (AvgIpc) is 2.96. The number of hydrogen-bond acceptors (Lipinski definition) is 4. The van der Waals surface area contributed by atoms with Crippen molar-refractivity contribution in [2.45, 2.75) is 12.7 Å². The SMILES string of the molecule is CN(Cc1ccc(C(F)(F)F)cc1)C(=O)c1ccc([N+](=O)[O-])s1. The molecule has 0 unspecified atom stereocenters. The monoisotopic (exact) mass is 344 g/mol. The number of halogens is 3. The molecule has 1 aromatic carbocycles. The first-order valence-corrected chi connectivity index (χ1v) is 7.16. The van der Waals surface area contributed by atoms with Gasteiger partial charge in [-0.05, 0) is 23.8 Å². The van der Waals surface area contributed by atoms with E-state index in [-0.39, 0.29) is 16.4 Å². The molecule has 23 heavy (non-hydrogen) atoms. The van der Waals surface area contributed by atoms with Crippen LogP contribution in [0.1, 0.15) is 20.8 Å². The maximum absolute atomic E-state index is 12.5. The van der Waals surface area contributed by atoms with Gasteiger partial charge in [-0.2, -0.15) is 13.2 Å². The predicted molar refractivity (Wildman–Crippen MR) is 78.2 cm³/mol. The summed E-state index contributed by atoms with van der Waals surface area (Å²) in [5.41, 5.74) is -0.232. The minimum Gasteiger partial charge on any atom is -0.337 e. The van der Waals surface area contributed by atoms with Crippen LogP contribution < -0.4 is 0 Å². The van der Waals surface area contributed by atoms with E-state index in [2.05, 4.69) is 0 Å². The molecule has 0 N–H and O–H groups in total. The molecule has 0 spiro atoms. The minimum atomic E-state index is -4.41. The predicted octanol–water partition coefficient (Wildman–Crippen LogP) is 3.95. The van der Waals surface area contributed by atoms with Gasteiger partial charge >= 0.3 is 11.2 Å². The lowest BCUT2D eigenvalue weighted by molar-refractivity contribution is -0.380. The van der Waals surface area contributed by atoms with E-state index >= 15 is 0 Å². The summed E-state index contributed by atoms with van der Waals surface area (Å²) in [5, 5.41) is 10.5. The molecule has 2 aromatic rings. The molecule has 0 radical (unpaired) electrons. The van der Waals surface area contributed by atoms with Gasteiger partial charge in [-0.15, -0.1) is 0 Å². The molecule has 0 saturated heterocycles. The van der Waals surface area contributed by atoms with Crippen molar-refractivity contribution >= 4 is 22.2 Å². The number of benzene rings is 1. The Labute approximate surface area is 133 Å². The standard InChI is InChI=1S/C14H11F3N2O3S/c1-18(13(20)11-6-7-12(23-11)19(21)22)8-9-2-4-10(5-3-9)14(15,16)17/h2-7H,8H2,1H3. The normalized spacial score (nSPS) is 11.3. The summed E-state index contributed by atoms with van der Waals surface area (Å²) in [6.45, 7) is 0.0999. The summed E-state index contributed by atoms with van der Waals surface area (Å²) in [6, 6.07) is 7.08. The summed E-state index contributed by atoms with van der Waals surface area (Å²) >= 11 is 0.755. The van der Waals surface area contributed by atoms with Crippen LogP contribution in [0, 0.1) is 10.1 Å². The molecule has 0 aliphatic carbocycles. The van der Waals surface area contributed by atoms with Crippen LogP contribution in [0.4, 0.5) is 18.2 Å². The van der Waals surface area contributed by atoms with E-state index in [0.717, 1.165) is 23.5 Å². The van der Waals surface area contributed by atoms with Gasteiger partial charge in [-0.3, -0.25) is 14.9 Å². The number of thiophene rings is 1. The third-order valence-electron chi connectivity index (χ3n) is 3.03. The van der Waals surface area contributed by atoms with Gasteiger partial charge in [0.05, 0.1) is 15.4 Å². The highest BCUT2D eigenvalue weighted by atomic mass is 32.1. The van der Waals surface area contributed by atoms with E-state index in [1.165, 1.54) is 36.2 Å². The van der Waals surface area contributed by atoms with E-state index in [9.17, 15) is 28.1 Å². The summed E-state index contributed by atoms with van der Waals surface area (Å²) in [5.74, 6) is -0.428. The van der Waals surface area contributed by atoms with Crippen molar-refractivity contribution in [3.8, 4) is 0 Å². The van der Waals surface area contributed by atoms with Crippen molar-refractivity contribution in [1.29, 1.82) is 0 Å². The maximum atomic E-state index is 12.5. The lowest BCUT2D eigenvalue weighted by Gasteiger charge is -2.16. The Morgan fingerprint density at radius 3 is 2.30 bits per heavy atom. The topological polar surface area (TPSA) is 63.5 Å². The molecule has 0 bridgehead atoms. The molecule has 5 nitrogen and oxygen atoms in total. The van der Waals surface area contributed by atoms with Crippen molar-refractivity contribution < 1.29 is 22.9 Å². The molecule has 0 atom stereocenters. The zero-order valence-corrected chi connectivity index (χ0v) is 12.6. The molecule has 1 amide bonds. The van der Waals surface area contributed by atoms with Crippen LogP contribution in [-0.2, 0) is 12.7 Å². The number of amides is 1. The van der Waals surface area contributed by atoms with Gasteiger partial charge in [-0.25, -0.2) is 0 Å². The summed E-state index contributed by atoms with van der Waals surface area (Å²) in [7, 11) is 1.48. The molecule has 2 rings (SSSR count). The third kappa shape index (κ3) is 4.07. The fourth-order valence-electron chi connectivity index (χ4n) is 1.87. The third-order valence-corrected chi connectivity index (χ3v) is 4.06. The van der Waals surface area contributed by atoms with E-state index in [0.29, 0.717) is 5.56 Å². The Morgan fingerprint density at radius 1 is 1.22 bits per heavy atom. The average molecular weight is 344 g/mol. The van der Waals surface area contributed by atoms with Gasteiger partial charge in [0.25, 0.3) is 5.91 Å². The molecule has 1 aromatic heterocycles. The Bertz CT molecular complexity index is 726. The molecular weight excluding hydrogens is 333 g/mol. The van der Waals surface area contributed by atoms with Crippen LogP contribution in [0.5, 0.6) is 0 Å². The first-order valence-electron chi connectivity index (χ1n) is 6.34. The minimum absolute atomic E-state index is 0.0999. The van der Waals surface area contributed by atoms with Crippen molar-refractivity contribution in [3.63, 3.8) is 0 Å². The maximum Gasteiger partial charge on any atom is 0.416 e. The van der Waals surface area contributed by atoms with Crippen molar-refractivity contribution in [2.24, 2.45) is 0 Å². The first-order chi connectivity index (χ1) is 10.7. The summed E-state index contributed by atoms with van der Waals surface area (Å²) in [4.78, 5) is 23.7. The van der Waals surface area contributed by atoms with Gasteiger partial charge in [0.2, 0.25) is 0 Å². The fraction of sp³-hybridized carbons (Fsp3) is 0.214. The fourth-order valence-corrected chi connectivity index (χ4v) is 2.69. The molecule has 0 aliphatic rings. The van der Waals surface area contributed by atoms with Gasteiger partial charge in [0.1, 0.15) is 0 Å². The second-order valence-corrected chi connectivity index (χ2v) is 5.81. The molecular formula is C14H11F3N2O3S. The van der Waals surface area contributed by atoms with E-state index < -0.39 is 22.6 Å². The van der Waals surface area contributed by atoms with Gasteiger partial charge in [0, 0.05) is 19.7 Å². The van der Waals surface area contributed by atoms with Crippen LogP contribution >= 0.6 is 11.3 Å². The molecule has 122 valence electrons. The molecule has 9 heteroatoms. The van der Waals surface area contributed by atoms with Gasteiger partial charge in [0.15, 0.2) is 0 Å². The van der Waals surface area contributed by atoms with Gasteiger partial charge < -0.3 is 4.90 Å². The zero-order valence-electron chi connectivity index (χ0n) is 11.8. The molecule has 1 heterocycles. The number of alkyl halides is 3. The molecule has 0 fully saturated rings. The van der Waals surface area contributed by atoms with Crippen LogP contribution in [-0.4, -0.2) is 22.8 Å².